The van der Waals surface area contributed by atoms with Gasteiger partial charge in [-0.2, -0.15) is 0 Å². The van der Waals surface area contributed by atoms with Gasteiger partial charge in [0.15, 0.2) is 0 Å². The molecule has 0 bridgehead atoms. The molecule has 2 rings (SSSR count). The van der Waals surface area contributed by atoms with E-state index in [2.05, 4.69) is 0 Å². The number of hydrogen-bond donors (Lipinski definition) is 2. The van der Waals surface area contributed by atoms with Crippen LogP contribution in [0.15, 0.2) is 18.2 Å². The van der Waals surface area contributed by atoms with Crippen molar-refractivity contribution in [2.75, 3.05) is 7.11 Å². The van der Waals surface area contributed by atoms with Gasteiger partial charge in [0.2, 0.25) is 0 Å². The second-order valence-corrected chi connectivity index (χ2v) is 5.15. The normalized spacial score (nSPS) is 23.1. The van der Waals surface area contributed by atoms with Crippen molar-refractivity contribution in [3.05, 3.63) is 29.3 Å². The van der Waals surface area contributed by atoms with Gasteiger partial charge >= 0.3 is 0 Å². The van der Waals surface area contributed by atoms with Crippen molar-refractivity contribution >= 4 is 5.84 Å². The summed E-state index contributed by atoms with van der Waals surface area (Å²) in [6, 6.07) is 5.69. The maximum atomic E-state index is 7.47. The third-order valence-electron chi connectivity index (χ3n) is 3.70. The molecule has 4 nitrogen and oxygen atoms in total. The van der Waals surface area contributed by atoms with Crippen molar-refractivity contribution < 1.29 is 9.47 Å². The van der Waals surface area contributed by atoms with Gasteiger partial charge in [-0.3, -0.25) is 5.41 Å². The molecule has 1 aliphatic rings. The average molecular weight is 262 g/mol. The van der Waals surface area contributed by atoms with E-state index in [0.29, 0.717) is 6.10 Å². The SMILES string of the molecule is COC1CCCC(Oc2ccc(C(=N)N)c(C)c2)C1. The molecule has 1 aromatic carbocycles. The number of amidine groups is 1. The van der Waals surface area contributed by atoms with Gasteiger partial charge in [-0.15, -0.1) is 0 Å². The Kier molecular flexibility index (Phi) is 4.43. The van der Waals surface area contributed by atoms with Gasteiger partial charge in [-0.25, -0.2) is 0 Å². The fraction of sp³-hybridized carbons (Fsp3) is 0.533. The van der Waals surface area contributed by atoms with E-state index in [0.717, 1.165) is 42.6 Å². The van der Waals surface area contributed by atoms with Gasteiger partial charge in [-0.05, 0) is 49.9 Å². The second-order valence-electron chi connectivity index (χ2n) is 5.15. The highest BCUT2D eigenvalue weighted by Gasteiger charge is 2.23. The molecule has 0 heterocycles. The van der Waals surface area contributed by atoms with E-state index in [1.165, 1.54) is 0 Å². The fourth-order valence-electron chi connectivity index (χ4n) is 2.63. The summed E-state index contributed by atoms with van der Waals surface area (Å²) < 4.78 is 11.4. The highest BCUT2D eigenvalue weighted by atomic mass is 16.5. The molecule has 0 aromatic heterocycles. The lowest BCUT2D eigenvalue weighted by Crippen LogP contribution is -2.29. The summed E-state index contributed by atoms with van der Waals surface area (Å²) in [4.78, 5) is 0. The first kappa shape index (κ1) is 13.9. The summed E-state index contributed by atoms with van der Waals surface area (Å²) in [5, 5.41) is 7.47. The van der Waals surface area contributed by atoms with Gasteiger partial charge < -0.3 is 15.2 Å². The van der Waals surface area contributed by atoms with Crippen LogP contribution in [0.3, 0.4) is 0 Å². The molecule has 2 atom stereocenters. The van der Waals surface area contributed by atoms with E-state index in [1.807, 2.05) is 25.1 Å². The minimum Gasteiger partial charge on any atom is -0.490 e. The monoisotopic (exact) mass is 262 g/mol. The van der Waals surface area contributed by atoms with Crippen molar-refractivity contribution in [1.82, 2.24) is 0 Å². The number of nitrogen functional groups attached to an aromatic ring is 1. The molecule has 1 saturated carbocycles. The first-order valence-electron chi connectivity index (χ1n) is 6.74. The van der Waals surface area contributed by atoms with Crippen LogP contribution < -0.4 is 10.5 Å². The third kappa shape index (κ3) is 3.47. The van der Waals surface area contributed by atoms with Crippen LogP contribution in [0.4, 0.5) is 0 Å². The molecule has 0 aliphatic heterocycles. The second kappa shape index (κ2) is 6.06. The zero-order valence-corrected chi connectivity index (χ0v) is 11.6. The molecule has 0 spiro atoms. The van der Waals surface area contributed by atoms with E-state index in [1.54, 1.807) is 7.11 Å². The summed E-state index contributed by atoms with van der Waals surface area (Å²) in [5.41, 5.74) is 7.26. The van der Waals surface area contributed by atoms with Crippen LogP contribution in [-0.2, 0) is 4.74 Å². The smallest absolute Gasteiger partial charge is 0.123 e. The lowest BCUT2D eigenvalue weighted by molar-refractivity contribution is 0.0209. The van der Waals surface area contributed by atoms with Gasteiger partial charge in [0.05, 0.1) is 6.10 Å². The zero-order valence-electron chi connectivity index (χ0n) is 11.6. The zero-order chi connectivity index (χ0) is 13.8. The largest absolute Gasteiger partial charge is 0.490 e. The Morgan fingerprint density at radius 1 is 1.32 bits per heavy atom. The lowest BCUT2D eigenvalue weighted by Gasteiger charge is -2.28. The molecule has 0 radical (unpaired) electrons. The molecule has 4 heteroatoms. The van der Waals surface area contributed by atoms with Crippen molar-refractivity contribution in [2.45, 2.75) is 44.8 Å². The van der Waals surface area contributed by atoms with E-state index < -0.39 is 0 Å². The highest BCUT2D eigenvalue weighted by Crippen LogP contribution is 2.26. The Balaban J connectivity index is 2.03. The Morgan fingerprint density at radius 2 is 2.05 bits per heavy atom. The first-order valence-corrected chi connectivity index (χ1v) is 6.74. The summed E-state index contributed by atoms with van der Waals surface area (Å²) >= 11 is 0. The molecular formula is C15H22N2O2. The van der Waals surface area contributed by atoms with Crippen LogP contribution in [0.25, 0.3) is 0 Å². The first-order chi connectivity index (χ1) is 9.10. The average Bonchev–Trinajstić information content (AvgIpc) is 2.38. The third-order valence-corrected chi connectivity index (χ3v) is 3.70. The maximum absolute atomic E-state index is 7.47. The predicted molar refractivity (Wildman–Crippen MR) is 75.9 cm³/mol. The van der Waals surface area contributed by atoms with Crippen LogP contribution in [0.5, 0.6) is 5.75 Å². The van der Waals surface area contributed by atoms with Crippen molar-refractivity contribution in [2.24, 2.45) is 5.73 Å². The molecule has 0 saturated heterocycles. The number of rotatable bonds is 4. The molecule has 1 fully saturated rings. The molecule has 19 heavy (non-hydrogen) atoms. The van der Waals surface area contributed by atoms with Crippen LogP contribution in [0.2, 0.25) is 0 Å². The maximum Gasteiger partial charge on any atom is 0.123 e. The van der Waals surface area contributed by atoms with Gasteiger partial charge in [0.25, 0.3) is 0 Å². The summed E-state index contributed by atoms with van der Waals surface area (Å²) in [6.45, 7) is 1.95. The molecule has 2 unspecified atom stereocenters. The minimum absolute atomic E-state index is 0.0983. The number of hydrogen-bond acceptors (Lipinski definition) is 3. The Hall–Kier alpha value is -1.55. The number of nitrogens with one attached hydrogen (secondary N) is 1. The fourth-order valence-corrected chi connectivity index (χ4v) is 2.63. The molecule has 1 aromatic rings. The van der Waals surface area contributed by atoms with E-state index >= 15 is 0 Å². The number of aryl methyl sites for hydroxylation is 1. The predicted octanol–water partition coefficient (Wildman–Crippen LogP) is 2.62. The summed E-state index contributed by atoms with van der Waals surface area (Å²) in [7, 11) is 1.76. The number of methoxy groups -OCH3 is 1. The molecule has 1 aliphatic carbocycles. The van der Waals surface area contributed by atoms with Crippen LogP contribution in [-0.4, -0.2) is 25.2 Å². The van der Waals surface area contributed by atoms with Gasteiger partial charge in [0.1, 0.15) is 17.7 Å². The minimum atomic E-state index is 0.0983. The van der Waals surface area contributed by atoms with Crippen LogP contribution in [0.1, 0.15) is 36.8 Å². The van der Waals surface area contributed by atoms with Crippen LogP contribution in [0, 0.1) is 12.3 Å². The van der Waals surface area contributed by atoms with E-state index in [-0.39, 0.29) is 11.9 Å². The Morgan fingerprint density at radius 3 is 2.68 bits per heavy atom. The molecule has 104 valence electrons. The quantitative estimate of drug-likeness (QED) is 0.647. The Labute approximate surface area is 114 Å². The number of nitrogens with two attached hydrogens (primary N) is 1. The molecular weight excluding hydrogens is 240 g/mol. The van der Waals surface area contributed by atoms with Crippen molar-refractivity contribution in [3.8, 4) is 5.75 Å². The topological polar surface area (TPSA) is 68.3 Å². The van der Waals surface area contributed by atoms with Gasteiger partial charge in [0, 0.05) is 19.1 Å². The number of ether oxygens (including phenoxy) is 2. The van der Waals surface area contributed by atoms with E-state index in [4.69, 9.17) is 20.6 Å². The Bertz CT molecular complexity index is 459. The van der Waals surface area contributed by atoms with Gasteiger partial charge in [-0.1, -0.05) is 0 Å². The number of benzene rings is 1. The van der Waals surface area contributed by atoms with Crippen molar-refractivity contribution in [1.29, 1.82) is 5.41 Å². The van der Waals surface area contributed by atoms with E-state index in [9.17, 15) is 0 Å². The highest BCUT2D eigenvalue weighted by molar-refractivity contribution is 5.96. The van der Waals surface area contributed by atoms with Crippen molar-refractivity contribution in [3.63, 3.8) is 0 Å². The molecule has 3 N–H and O–H groups in total. The lowest BCUT2D eigenvalue weighted by atomic mass is 9.95. The summed E-state index contributed by atoms with van der Waals surface area (Å²) in [5.74, 6) is 0.949. The van der Waals surface area contributed by atoms with Crippen LogP contribution >= 0.6 is 0 Å². The molecule has 0 amide bonds. The summed E-state index contributed by atoms with van der Waals surface area (Å²) in [6.07, 6.45) is 4.83. The standard InChI is InChI=1S/C15H22N2O2/c1-10-8-13(6-7-14(10)15(16)17)19-12-5-3-4-11(9-12)18-2/h6-8,11-12H,3-5,9H2,1-2H3,(H3,16,17).